The van der Waals surface area contributed by atoms with Crippen molar-refractivity contribution in [3.63, 3.8) is 0 Å². The van der Waals surface area contributed by atoms with Gasteiger partial charge in [0.2, 0.25) is 0 Å². The summed E-state index contributed by atoms with van der Waals surface area (Å²) >= 11 is 0. The second-order valence-corrected chi connectivity index (χ2v) is 4.56. The van der Waals surface area contributed by atoms with Crippen LogP contribution in [0.25, 0.3) is 0 Å². The molecule has 0 spiro atoms. The van der Waals surface area contributed by atoms with E-state index in [0.717, 1.165) is 18.6 Å². The van der Waals surface area contributed by atoms with Gasteiger partial charge in [-0.3, -0.25) is 0 Å². The summed E-state index contributed by atoms with van der Waals surface area (Å²) in [6.45, 7) is 1.20. The van der Waals surface area contributed by atoms with Gasteiger partial charge in [0.25, 0.3) is 0 Å². The number of rotatable bonds is 1. The molecule has 0 saturated carbocycles. The van der Waals surface area contributed by atoms with Crippen LogP contribution in [0.3, 0.4) is 0 Å². The maximum Gasteiger partial charge on any atom is 0.343 e. The van der Waals surface area contributed by atoms with Crippen molar-refractivity contribution in [2.45, 2.75) is 18.4 Å². The highest BCUT2D eigenvalue weighted by atomic mass is 16.5. The summed E-state index contributed by atoms with van der Waals surface area (Å²) in [6.07, 6.45) is 1.04. The quantitative estimate of drug-likeness (QED) is 0.600. The van der Waals surface area contributed by atoms with E-state index in [4.69, 9.17) is 19.9 Å². The molecule has 1 aromatic carbocycles. The zero-order valence-corrected chi connectivity index (χ0v) is 10.1. The molecule has 2 aliphatic rings. The molecule has 0 aliphatic carbocycles. The van der Waals surface area contributed by atoms with Gasteiger partial charge in [0.05, 0.1) is 13.2 Å². The predicted octanol–water partition coefficient (Wildman–Crippen LogP) is 1.32. The monoisotopic (exact) mass is 249 g/mol. The Morgan fingerprint density at radius 2 is 2.33 bits per heavy atom. The SMILES string of the molecule is COC(=O)c1c(N)ccc2c1OCC1OCCC21. The fraction of sp³-hybridized carbons (Fsp3) is 0.462. The van der Waals surface area contributed by atoms with Crippen LogP contribution in [0.5, 0.6) is 5.75 Å². The van der Waals surface area contributed by atoms with Gasteiger partial charge in [-0.25, -0.2) is 4.79 Å². The third kappa shape index (κ3) is 1.54. The van der Waals surface area contributed by atoms with E-state index < -0.39 is 5.97 Å². The summed E-state index contributed by atoms with van der Waals surface area (Å²) < 4.78 is 16.0. The van der Waals surface area contributed by atoms with E-state index in [1.54, 1.807) is 6.07 Å². The zero-order chi connectivity index (χ0) is 12.7. The molecule has 1 fully saturated rings. The fourth-order valence-corrected chi connectivity index (χ4v) is 2.71. The minimum Gasteiger partial charge on any atom is -0.490 e. The number of ether oxygens (including phenoxy) is 3. The average molecular weight is 249 g/mol. The molecule has 2 heterocycles. The molecule has 2 N–H and O–H groups in total. The Bertz CT molecular complexity index is 500. The highest BCUT2D eigenvalue weighted by molar-refractivity contribution is 5.98. The number of carbonyl (C=O) groups excluding carboxylic acids is 1. The summed E-state index contributed by atoms with van der Waals surface area (Å²) in [5.74, 6) is 0.396. The summed E-state index contributed by atoms with van der Waals surface area (Å²) in [4.78, 5) is 11.8. The first kappa shape index (κ1) is 11.3. The molecule has 1 aromatic rings. The molecular formula is C13H15NO4. The van der Waals surface area contributed by atoms with E-state index in [0.29, 0.717) is 23.6 Å². The van der Waals surface area contributed by atoms with Crippen molar-refractivity contribution in [3.05, 3.63) is 23.3 Å². The standard InChI is InChI=1S/C13H15NO4/c1-16-13(15)11-9(14)3-2-8-7-4-5-17-10(7)6-18-12(8)11/h2-3,7,10H,4-6,14H2,1H3. The molecule has 0 amide bonds. The first-order valence-electron chi connectivity index (χ1n) is 5.97. The Hall–Kier alpha value is -1.75. The van der Waals surface area contributed by atoms with Gasteiger partial charge >= 0.3 is 5.97 Å². The first-order valence-corrected chi connectivity index (χ1v) is 5.97. The average Bonchev–Trinajstić information content (AvgIpc) is 2.86. The molecule has 0 radical (unpaired) electrons. The van der Waals surface area contributed by atoms with E-state index in [-0.39, 0.29) is 12.0 Å². The van der Waals surface area contributed by atoms with Gasteiger partial charge in [-0.2, -0.15) is 0 Å². The molecule has 3 rings (SSSR count). The molecule has 2 aliphatic heterocycles. The predicted molar refractivity (Wildman–Crippen MR) is 64.8 cm³/mol. The van der Waals surface area contributed by atoms with Crippen molar-refractivity contribution in [3.8, 4) is 5.75 Å². The third-order valence-electron chi connectivity index (χ3n) is 3.61. The number of nitrogens with two attached hydrogens (primary N) is 1. The van der Waals surface area contributed by atoms with E-state index in [9.17, 15) is 4.79 Å². The Morgan fingerprint density at radius 1 is 1.50 bits per heavy atom. The Morgan fingerprint density at radius 3 is 3.11 bits per heavy atom. The van der Waals surface area contributed by atoms with Crippen LogP contribution in [0, 0.1) is 0 Å². The highest BCUT2D eigenvalue weighted by Gasteiger charge is 2.38. The van der Waals surface area contributed by atoms with Crippen LogP contribution >= 0.6 is 0 Å². The molecule has 2 atom stereocenters. The number of anilines is 1. The number of methoxy groups -OCH3 is 1. The lowest BCUT2D eigenvalue weighted by molar-refractivity contribution is 0.0469. The second-order valence-electron chi connectivity index (χ2n) is 4.56. The van der Waals surface area contributed by atoms with Crippen molar-refractivity contribution in [1.29, 1.82) is 0 Å². The lowest BCUT2D eigenvalue weighted by Crippen LogP contribution is -2.29. The summed E-state index contributed by atoms with van der Waals surface area (Å²) in [7, 11) is 1.34. The number of fused-ring (bicyclic) bond motifs is 3. The van der Waals surface area contributed by atoms with Crippen LogP contribution in [0.1, 0.15) is 28.3 Å². The lowest BCUT2D eigenvalue weighted by Gasteiger charge is -2.29. The van der Waals surface area contributed by atoms with Crippen molar-refractivity contribution in [2.24, 2.45) is 0 Å². The molecule has 5 nitrogen and oxygen atoms in total. The molecule has 96 valence electrons. The largest absolute Gasteiger partial charge is 0.490 e. The second kappa shape index (κ2) is 4.17. The maximum absolute atomic E-state index is 11.8. The van der Waals surface area contributed by atoms with Crippen LogP contribution in [-0.2, 0) is 9.47 Å². The molecule has 2 unspecified atom stereocenters. The highest BCUT2D eigenvalue weighted by Crippen LogP contribution is 2.43. The van der Waals surface area contributed by atoms with Gasteiger partial charge in [-0.05, 0) is 12.5 Å². The summed E-state index contributed by atoms with van der Waals surface area (Å²) in [5, 5.41) is 0. The molecular weight excluding hydrogens is 234 g/mol. The normalized spacial score (nSPS) is 24.9. The number of carbonyl (C=O) groups is 1. The number of nitrogen functional groups attached to an aromatic ring is 1. The van der Waals surface area contributed by atoms with E-state index in [2.05, 4.69) is 0 Å². The molecule has 0 bridgehead atoms. The van der Waals surface area contributed by atoms with Crippen LogP contribution in [-0.4, -0.2) is 32.4 Å². The minimum atomic E-state index is -0.457. The van der Waals surface area contributed by atoms with Crippen molar-refractivity contribution < 1.29 is 19.0 Å². The van der Waals surface area contributed by atoms with Gasteiger partial charge in [-0.1, -0.05) is 6.07 Å². The van der Waals surface area contributed by atoms with Crippen LogP contribution < -0.4 is 10.5 Å². The van der Waals surface area contributed by atoms with Gasteiger partial charge < -0.3 is 19.9 Å². The number of benzene rings is 1. The summed E-state index contributed by atoms with van der Waals surface area (Å²) in [6, 6.07) is 3.65. The number of hydrogen-bond donors (Lipinski definition) is 1. The van der Waals surface area contributed by atoms with E-state index in [1.807, 2.05) is 6.07 Å². The topological polar surface area (TPSA) is 70.8 Å². The van der Waals surface area contributed by atoms with Crippen LogP contribution in [0.4, 0.5) is 5.69 Å². The number of hydrogen-bond acceptors (Lipinski definition) is 5. The third-order valence-corrected chi connectivity index (χ3v) is 3.61. The number of esters is 1. The minimum absolute atomic E-state index is 0.0895. The molecule has 18 heavy (non-hydrogen) atoms. The Labute approximate surface area is 105 Å². The first-order chi connectivity index (χ1) is 8.72. The van der Waals surface area contributed by atoms with Crippen molar-refractivity contribution >= 4 is 11.7 Å². The van der Waals surface area contributed by atoms with Crippen LogP contribution in [0.15, 0.2) is 12.1 Å². The molecule has 5 heteroatoms. The fourth-order valence-electron chi connectivity index (χ4n) is 2.71. The Kier molecular flexibility index (Phi) is 2.63. The lowest BCUT2D eigenvalue weighted by atomic mass is 9.88. The summed E-state index contributed by atoms with van der Waals surface area (Å²) in [5.41, 5.74) is 7.57. The van der Waals surface area contributed by atoms with E-state index in [1.165, 1.54) is 7.11 Å². The van der Waals surface area contributed by atoms with E-state index >= 15 is 0 Å². The van der Waals surface area contributed by atoms with Crippen molar-refractivity contribution in [2.75, 3.05) is 26.1 Å². The maximum atomic E-state index is 11.8. The molecule has 0 aromatic heterocycles. The van der Waals surface area contributed by atoms with Crippen molar-refractivity contribution in [1.82, 2.24) is 0 Å². The van der Waals surface area contributed by atoms with Gasteiger partial charge in [-0.15, -0.1) is 0 Å². The van der Waals surface area contributed by atoms with Crippen LogP contribution in [0.2, 0.25) is 0 Å². The van der Waals surface area contributed by atoms with Gasteiger partial charge in [0.15, 0.2) is 0 Å². The van der Waals surface area contributed by atoms with Gasteiger partial charge in [0, 0.05) is 23.8 Å². The molecule has 1 saturated heterocycles. The Balaban J connectivity index is 2.12. The zero-order valence-electron chi connectivity index (χ0n) is 10.1. The smallest absolute Gasteiger partial charge is 0.343 e. The van der Waals surface area contributed by atoms with Gasteiger partial charge in [0.1, 0.15) is 17.9 Å².